The second-order valence-corrected chi connectivity index (χ2v) is 4.95. The molecule has 4 heteroatoms. The van der Waals surface area contributed by atoms with E-state index in [1.807, 2.05) is 39.8 Å². The quantitative estimate of drug-likeness (QED) is 0.676. The van der Waals surface area contributed by atoms with Crippen LogP contribution in [0.2, 0.25) is 0 Å². The Kier molecular flexibility index (Phi) is 1.54. The minimum Gasteiger partial charge on any atom is -0.449 e. The van der Waals surface area contributed by atoms with Crippen molar-refractivity contribution in [3.8, 4) is 23.0 Å². The predicted octanol–water partition coefficient (Wildman–Crippen LogP) is 2.70. The van der Waals surface area contributed by atoms with Crippen molar-refractivity contribution in [3.63, 3.8) is 0 Å². The van der Waals surface area contributed by atoms with E-state index in [0.29, 0.717) is 23.0 Å². The van der Waals surface area contributed by atoms with Gasteiger partial charge in [0.2, 0.25) is 11.6 Å². The molecule has 0 amide bonds. The summed E-state index contributed by atoms with van der Waals surface area (Å²) in [6.07, 6.45) is 0. The molecule has 0 bridgehead atoms. The summed E-state index contributed by atoms with van der Waals surface area (Å²) in [6, 6.07) is 3.63. The fourth-order valence-corrected chi connectivity index (χ4v) is 1.94. The summed E-state index contributed by atoms with van der Waals surface area (Å²) in [5, 5.41) is 0. The zero-order valence-corrected chi connectivity index (χ0v) is 9.79. The lowest BCUT2D eigenvalue weighted by molar-refractivity contribution is -0.0481. The standard InChI is InChI=1S/C12H14O4/c1-11(2)13-7-5-9-10(6-8(7)14-11)16-12(3,4)15-9/h5-6H,1-4H3. The van der Waals surface area contributed by atoms with E-state index in [9.17, 15) is 0 Å². The highest BCUT2D eigenvalue weighted by molar-refractivity contribution is 5.57. The van der Waals surface area contributed by atoms with Gasteiger partial charge in [0.25, 0.3) is 0 Å². The molecule has 0 atom stereocenters. The highest BCUT2D eigenvalue weighted by Crippen LogP contribution is 2.49. The highest BCUT2D eigenvalue weighted by Gasteiger charge is 2.38. The lowest BCUT2D eigenvalue weighted by atomic mass is 10.3. The molecule has 1 aromatic rings. The maximum Gasteiger partial charge on any atom is 0.246 e. The molecule has 16 heavy (non-hydrogen) atoms. The second kappa shape index (κ2) is 2.56. The van der Waals surface area contributed by atoms with Crippen molar-refractivity contribution in [3.05, 3.63) is 12.1 Å². The van der Waals surface area contributed by atoms with Gasteiger partial charge in [-0.05, 0) is 0 Å². The zero-order valence-electron chi connectivity index (χ0n) is 9.79. The summed E-state index contributed by atoms with van der Waals surface area (Å²) in [7, 11) is 0. The van der Waals surface area contributed by atoms with Crippen LogP contribution in [0.4, 0.5) is 0 Å². The largest absolute Gasteiger partial charge is 0.449 e. The average Bonchev–Trinajstić information content (AvgIpc) is 2.51. The molecule has 0 aromatic heterocycles. The van der Waals surface area contributed by atoms with E-state index in [1.54, 1.807) is 0 Å². The highest BCUT2D eigenvalue weighted by atomic mass is 16.7. The molecule has 4 nitrogen and oxygen atoms in total. The maximum atomic E-state index is 5.63. The Labute approximate surface area is 94.1 Å². The van der Waals surface area contributed by atoms with Crippen molar-refractivity contribution in [1.29, 1.82) is 0 Å². The Morgan fingerprint density at radius 2 is 0.875 bits per heavy atom. The molecular weight excluding hydrogens is 208 g/mol. The van der Waals surface area contributed by atoms with Crippen LogP contribution in [0.25, 0.3) is 0 Å². The molecule has 0 fully saturated rings. The summed E-state index contributed by atoms with van der Waals surface area (Å²) in [5.74, 6) is 1.56. The molecule has 86 valence electrons. The predicted molar refractivity (Wildman–Crippen MR) is 57.1 cm³/mol. The minimum atomic E-state index is -0.618. The molecule has 2 aliphatic heterocycles. The Balaban J connectivity index is 2.02. The fraction of sp³-hybridized carbons (Fsp3) is 0.500. The monoisotopic (exact) mass is 222 g/mol. The van der Waals surface area contributed by atoms with Gasteiger partial charge in [-0.25, -0.2) is 0 Å². The first-order chi connectivity index (χ1) is 7.35. The van der Waals surface area contributed by atoms with Crippen LogP contribution < -0.4 is 18.9 Å². The first kappa shape index (κ1) is 9.63. The smallest absolute Gasteiger partial charge is 0.246 e. The van der Waals surface area contributed by atoms with Crippen molar-refractivity contribution in [1.82, 2.24) is 0 Å². The first-order valence-corrected chi connectivity index (χ1v) is 5.29. The lowest BCUT2D eigenvalue weighted by Gasteiger charge is -2.17. The average molecular weight is 222 g/mol. The Morgan fingerprint density at radius 3 is 1.12 bits per heavy atom. The third kappa shape index (κ3) is 1.37. The first-order valence-electron chi connectivity index (χ1n) is 5.29. The van der Waals surface area contributed by atoms with Crippen LogP contribution in [0.3, 0.4) is 0 Å². The van der Waals surface area contributed by atoms with E-state index in [1.165, 1.54) is 0 Å². The molecule has 1 aromatic carbocycles. The number of hydrogen-bond acceptors (Lipinski definition) is 4. The van der Waals surface area contributed by atoms with Gasteiger partial charge in [0.1, 0.15) is 0 Å². The summed E-state index contributed by atoms with van der Waals surface area (Å²) < 4.78 is 22.5. The summed E-state index contributed by atoms with van der Waals surface area (Å²) in [5.41, 5.74) is 0. The molecule has 2 aliphatic rings. The third-order valence-electron chi connectivity index (χ3n) is 2.43. The second-order valence-electron chi connectivity index (χ2n) is 4.95. The van der Waals surface area contributed by atoms with Crippen molar-refractivity contribution in [2.45, 2.75) is 39.3 Å². The van der Waals surface area contributed by atoms with E-state index >= 15 is 0 Å². The summed E-state index contributed by atoms with van der Waals surface area (Å²) in [4.78, 5) is 0. The topological polar surface area (TPSA) is 36.9 Å². The maximum absolute atomic E-state index is 5.63. The van der Waals surface area contributed by atoms with Gasteiger partial charge >= 0.3 is 0 Å². The van der Waals surface area contributed by atoms with Gasteiger partial charge in [-0.3, -0.25) is 0 Å². The van der Waals surface area contributed by atoms with Gasteiger partial charge in [0.15, 0.2) is 23.0 Å². The molecule has 0 saturated carbocycles. The van der Waals surface area contributed by atoms with E-state index in [2.05, 4.69) is 0 Å². The van der Waals surface area contributed by atoms with E-state index in [4.69, 9.17) is 18.9 Å². The molecule has 0 N–H and O–H groups in total. The van der Waals surface area contributed by atoms with Gasteiger partial charge in [0, 0.05) is 39.8 Å². The SMILES string of the molecule is CC1(C)Oc2cc3c(cc2O1)OC(C)(C)O3. The van der Waals surface area contributed by atoms with Gasteiger partial charge < -0.3 is 18.9 Å². The summed E-state index contributed by atoms with van der Waals surface area (Å²) >= 11 is 0. The number of ether oxygens (including phenoxy) is 4. The molecule has 3 rings (SSSR count). The van der Waals surface area contributed by atoms with Gasteiger partial charge in [-0.15, -0.1) is 0 Å². The Bertz CT molecular complexity index is 384. The van der Waals surface area contributed by atoms with Gasteiger partial charge in [-0.1, -0.05) is 0 Å². The third-order valence-corrected chi connectivity index (χ3v) is 2.43. The van der Waals surface area contributed by atoms with Crippen molar-refractivity contribution < 1.29 is 18.9 Å². The van der Waals surface area contributed by atoms with Gasteiger partial charge in [0.05, 0.1) is 0 Å². The number of rotatable bonds is 0. The molecule has 0 spiro atoms. The van der Waals surface area contributed by atoms with Crippen molar-refractivity contribution >= 4 is 0 Å². The lowest BCUT2D eigenvalue weighted by Crippen LogP contribution is -2.30. The van der Waals surface area contributed by atoms with Crippen LogP contribution in [-0.2, 0) is 0 Å². The van der Waals surface area contributed by atoms with Crippen LogP contribution >= 0.6 is 0 Å². The number of fused-ring (bicyclic) bond motifs is 2. The Morgan fingerprint density at radius 1 is 0.625 bits per heavy atom. The molecule has 2 heterocycles. The zero-order chi connectivity index (χ0) is 11.6. The van der Waals surface area contributed by atoms with Crippen LogP contribution in [0.1, 0.15) is 27.7 Å². The fourth-order valence-electron chi connectivity index (χ4n) is 1.94. The normalized spacial score (nSPS) is 22.2. The molecule has 0 unspecified atom stereocenters. The molecule has 0 saturated heterocycles. The van der Waals surface area contributed by atoms with Crippen LogP contribution in [0.15, 0.2) is 12.1 Å². The summed E-state index contributed by atoms with van der Waals surface area (Å²) in [6.45, 7) is 7.46. The number of hydrogen-bond donors (Lipinski definition) is 0. The van der Waals surface area contributed by atoms with Crippen LogP contribution in [-0.4, -0.2) is 11.6 Å². The molecular formula is C12H14O4. The Hall–Kier alpha value is -1.58. The minimum absolute atomic E-state index is 0.618. The van der Waals surface area contributed by atoms with E-state index in [-0.39, 0.29) is 0 Å². The van der Waals surface area contributed by atoms with Gasteiger partial charge in [-0.2, -0.15) is 0 Å². The van der Waals surface area contributed by atoms with Crippen LogP contribution in [0.5, 0.6) is 23.0 Å². The number of benzene rings is 1. The van der Waals surface area contributed by atoms with Crippen molar-refractivity contribution in [2.75, 3.05) is 0 Å². The van der Waals surface area contributed by atoms with E-state index < -0.39 is 11.6 Å². The molecule has 0 aliphatic carbocycles. The van der Waals surface area contributed by atoms with Crippen molar-refractivity contribution in [2.24, 2.45) is 0 Å². The van der Waals surface area contributed by atoms with Crippen LogP contribution in [0, 0.1) is 0 Å². The molecule has 0 radical (unpaired) electrons. The van der Waals surface area contributed by atoms with E-state index in [0.717, 1.165) is 0 Å².